The Kier molecular flexibility index (Phi) is 2.43. The van der Waals surface area contributed by atoms with Gasteiger partial charge in [0.15, 0.2) is 5.78 Å². The molecule has 1 aromatic rings. The molecule has 0 radical (unpaired) electrons. The molecule has 0 saturated heterocycles. The minimum absolute atomic E-state index is 0.0261. The van der Waals surface area contributed by atoms with Gasteiger partial charge in [0.25, 0.3) is 0 Å². The van der Waals surface area contributed by atoms with Crippen molar-refractivity contribution in [3.8, 4) is 5.75 Å². The average Bonchev–Trinajstić information content (AvgIpc) is 2.03. The second-order valence-corrected chi connectivity index (χ2v) is 2.60. The molecule has 0 spiro atoms. The number of hydrogen-bond acceptors (Lipinski definition) is 3. The normalized spacial score (nSPS) is 9.83. The zero-order chi connectivity index (χ0) is 9.14. The van der Waals surface area contributed by atoms with E-state index in [9.17, 15) is 9.90 Å². The van der Waals surface area contributed by atoms with Crippen LogP contribution in [-0.4, -0.2) is 15.9 Å². The third-order valence-corrected chi connectivity index (χ3v) is 1.74. The van der Waals surface area contributed by atoms with Gasteiger partial charge >= 0.3 is 0 Å². The molecule has 3 nitrogen and oxygen atoms in total. The van der Waals surface area contributed by atoms with Crippen LogP contribution in [0.2, 0.25) is 0 Å². The Hall–Kier alpha value is -1.38. The average molecular weight is 165 g/mol. The molecular formula is C9H11NO2. The van der Waals surface area contributed by atoms with Gasteiger partial charge in [0.05, 0.1) is 11.8 Å². The van der Waals surface area contributed by atoms with E-state index in [2.05, 4.69) is 4.98 Å². The van der Waals surface area contributed by atoms with Crippen molar-refractivity contribution in [3.63, 3.8) is 0 Å². The lowest BCUT2D eigenvalue weighted by molar-refractivity contribution is 0.101. The number of rotatable bonds is 2. The summed E-state index contributed by atoms with van der Waals surface area (Å²) in [5, 5.41) is 9.31. The van der Waals surface area contributed by atoms with E-state index >= 15 is 0 Å². The predicted octanol–water partition coefficient (Wildman–Crippen LogP) is 1.55. The van der Waals surface area contributed by atoms with Gasteiger partial charge in [-0.25, -0.2) is 0 Å². The number of Topliss-reactive ketones (excluding diaryl/α,β-unsaturated/α-hetero) is 1. The fourth-order valence-electron chi connectivity index (χ4n) is 1.17. The van der Waals surface area contributed by atoms with Crippen molar-refractivity contribution in [2.75, 3.05) is 0 Å². The zero-order valence-electron chi connectivity index (χ0n) is 7.16. The first-order chi connectivity index (χ1) is 5.66. The van der Waals surface area contributed by atoms with Crippen molar-refractivity contribution in [1.82, 2.24) is 4.98 Å². The van der Waals surface area contributed by atoms with E-state index in [1.807, 2.05) is 6.92 Å². The fraction of sp³-hybridized carbons (Fsp3) is 0.333. The van der Waals surface area contributed by atoms with Crippen molar-refractivity contribution >= 4 is 5.78 Å². The van der Waals surface area contributed by atoms with Crippen LogP contribution in [0.4, 0.5) is 0 Å². The van der Waals surface area contributed by atoms with Crippen LogP contribution in [0.5, 0.6) is 5.75 Å². The van der Waals surface area contributed by atoms with Crippen molar-refractivity contribution in [2.24, 2.45) is 0 Å². The van der Waals surface area contributed by atoms with Crippen molar-refractivity contribution in [2.45, 2.75) is 20.3 Å². The quantitative estimate of drug-likeness (QED) is 0.676. The number of carbonyl (C=O) groups excluding carboxylic acids is 1. The maximum atomic E-state index is 11.1. The first-order valence-corrected chi connectivity index (χ1v) is 3.83. The van der Waals surface area contributed by atoms with E-state index < -0.39 is 0 Å². The van der Waals surface area contributed by atoms with Crippen molar-refractivity contribution in [3.05, 3.63) is 23.5 Å². The van der Waals surface area contributed by atoms with E-state index in [1.165, 1.54) is 13.1 Å². The molecule has 0 amide bonds. The second kappa shape index (κ2) is 3.34. The summed E-state index contributed by atoms with van der Waals surface area (Å²) < 4.78 is 0. The van der Waals surface area contributed by atoms with Crippen LogP contribution in [0, 0.1) is 0 Å². The maximum absolute atomic E-state index is 11.1. The lowest BCUT2D eigenvalue weighted by atomic mass is 10.0. The lowest BCUT2D eigenvalue weighted by Gasteiger charge is -2.04. The van der Waals surface area contributed by atoms with Gasteiger partial charge in [-0.15, -0.1) is 0 Å². The van der Waals surface area contributed by atoms with E-state index in [4.69, 9.17) is 0 Å². The number of carbonyl (C=O) groups is 1. The Morgan fingerprint density at radius 3 is 2.67 bits per heavy atom. The van der Waals surface area contributed by atoms with E-state index in [1.54, 1.807) is 6.20 Å². The number of ketones is 1. The Morgan fingerprint density at radius 2 is 2.25 bits per heavy atom. The molecule has 0 saturated carbocycles. The van der Waals surface area contributed by atoms with Crippen LogP contribution in [0.1, 0.15) is 29.8 Å². The standard InChI is InChI=1S/C9H11NO2/c1-3-7-4-10-5-8(12)9(7)6(2)11/h4-5,12H,3H2,1-2H3. The molecule has 1 aromatic heterocycles. The molecule has 1 N–H and O–H groups in total. The molecule has 64 valence electrons. The van der Waals surface area contributed by atoms with Gasteiger partial charge < -0.3 is 5.11 Å². The van der Waals surface area contributed by atoms with Crippen LogP contribution < -0.4 is 0 Å². The third kappa shape index (κ3) is 1.44. The minimum atomic E-state index is -0.119. The van der Waals surface area contributed by atoms with Crippen LogP contribution >= 0.6 is 0 Å². The molecule has 1 rings (SSSR count). The molecule has 12 heavy (non-hydrogen) atoms. The Morgan fingerprint density at radius 1 is 1.58 bits per heavy atom. The highest BCUT2D eigenvalue weighted by molar-refractivity contribution is 5.97. The Labute approximate surface area is 71.1 Å². The fourth-order valence-corrected chi connectivity index (χ4v) is 1.17. The topological polar surface area (TPSA) is 50.2 Å². The molecule has 0 bridgehead atoms. The zero-order valence-corrected chi connectivity index (χ0v) is 7.16. The van der Waals surface area contributed by atoms with Crippen molar-refractivity contribution in [1.29, 1.82) is 0 Å². The summed E-state index contributed by atoms with van der Waals surface area (Å²) in [7, 11) is 0. The Bertz CT molecular complexity index is 307. The first kappa shape index (κ1) is 8.71. The summed E-state index contributed by atoms with van der Waals surface area (Å²) in [6.07, 6.45) is 3.60. The minimum Gasteiger partial charge on any atom is -0.506 e. The number of aromatic nitrogens is 1. The molecule has 0 atom stereocenters. The highest BCUT2D eigenvalue weighted by Gasteiger charge is 2.10. The first-order valence-electron chi connectivity index (χ1n) is 3.83. The smallest absolute Gasteiger partial charge is 0.163 e. The van der Waals surface area contributed by atoms with Crippen molar-refractivity contribution < 1.29 is 9.90 Å². The molecule has 1 heterocycles. The molecule has 0 aliphatic rings. The molecule has 0 aliphatic heterocycles. The number of aryl methyl sites for hydroxylation is 1. The predicted molar refractivity (Wildman–Crippen MR) is 45.3 cm³/mol. The van der Waals surface area contributed by atoms with Gasteiger partial charge in [-0.2, -0.15) is 0 Å². The number of pyridine rings is 1. The number of aromatic hydroxyl groups is 1. The number of nitrogens with zero attached hydrogens (tertiary/aromatic N) is 1. The number of hydrogen-bond donors (Lipinski definition) is 1. The maximum Gasteiger partial charge on any atom is 0.163 e. The lowest BCUT2D eigenvalue weighted by Crippen LogP contribution is -1.99. The Balaban J connectivity index is 3.29. The summed E-state index contributed by atoms with van der Waals surface area (Å²) >= 11 is 0. The van der Waals surface area contributed by atoms with Gasteiger partial charge in [-0.3, -0.25) is 9.78 Å². The summed E-state index contributed by atoms with van der Waals surface area (Å²) in [5.74, 6) is -0.145. The van der Waals surface area contributed by atoms with Crippen LogP contribution in [0.15, 0.2) is 12.4 Å². The van der Waals surface area contributed by atoms with Gasteiger partial charge in [-0.1, -0.05) is 6.92 Å². The molecule has 0 aliphatic carbocycles. The molecular weight excluding hydrogens is 154 g/mol. The van der Waals surface area contributed by atoms with Crippen LogP contribution in [-0.2, 0) is 6.42 Å². The summed E-state index contributed by atoms with van der Waals surface area (Å²) in [6, 6.07) is 0. The molecule has 0 unspecified atom stereocenters. The molecule has 3 heteroatoms. The monoisotopic (exact) mass is 165 g/mol. The summed E-state index contributed by atoms with van der Waals surface area (Å²) in [4.78, 5) is 14.9. The highest BCUT2D eigenvalue weighted by Crippen LogP contribution is 2.19. The van der Waals surface area contributed by atoms with Gasteiger partial charge in [-0.05, 0) is 18.9 Å². The van der Waals surface area contributed by atoms with Gasteiger partial charge in [0.1, 0.15) is 5.75 Å². The summed E-state index contributed by atoms with van der Waals surface area (Å²) in [5.41, 5.74) is 1.19. The van der Waals surface area contributed by atoms with Crippen LogP contribution in [0.25, 0.3) is 0 Å². The molecule has 0 aromatic carbocycles. The van der Waals surface area contributed by atoms with Gasteiger partial charge in [0, 0.05) is 6.20 Å². The summed E-state index contributed by atoms with van der Waals surface area (Å²) in [6.45, 7) is 3.36. The van der Waals surface area contributed by atoms with Gasteiger partial charge in [0.2, 0.25) is 0 Å². The highest BCUT2D eigenvalue weighted by atomic mass is 16.3. The van der Waals surface area contributed by atoms with E-state index in [0.29, 0.717) is 12.0 Å². The van der Waals surface area contributed by atoms with E-state index in [0.717, 1.165) is 5.56 Å². The van der Waals surface area contributed by atoms with Crippen LogP contribution in [0.3, 0.4) is 0 Å². The third-order valence-electron chi connectivity index (χ3n) is 1.74. The molecule has 0 fully saturated rings. The second-order valence-electron chi connectivity index (χ2n) is 2.60. The largest absolute Gasteiger partial charge is 0.506 e. The SMILES string of the molecule is CCc1cncc(O)c1C(C)=O. The van der Waals surface area contributed by atoms with E-state index in [-0.39, 0.29) is 11.5 Å².